The second-order valence-corrected chi connectivity index (χ2v) is 12.5. The van der Waals surface area contributed by atoms with Crippen LogP contribution in [-0.4, -0.2) is 57.1 Å². The second-order valence-electron chi connectivity index (χ2n) is 9.76. The van der Waals surface area contributed by atoms with Gasteiger partial charge in [-0.25, -0.2) is 8.42 Å². The average molecular weight is 621 g/mol. The lowest BCUT2D eigenvalue weighted by Crippen LogP contribution is -2.54. The maximum atomic E-state index is 14.1. The molecule has 0 saturated carbocycles. The summed E-state index contributed by atoms with van der Waals surface area (Å²) in [5.41, 5.74) is 1.77. The number of hydrogen-bond acceptors (Lipinski definition) is 5. The Morgan fingerprint density at radius 3 is 2.17 bits per heavy atom. The van der Waals surface area contributed by atoms with Crippen LogP contribution in [0.3, 0.4) is 0 Å². The molecule has 3 aromatic carbocycles. The van der Waals surface area contributed by atoms with Gasteiger partial charge in [0.25, 0.3) is 0 Å². The molecule has 8 nitrogen and oxygen atoms in total. The van der Waals surface area contributed by atoms with Crippen molar-refractivity contribution in [2.24, 2.45) is 0 Å². The van der Waals surface area contributed by atoms with E-state index in [1.165, 1.54) is 12.0 Å². The van der Waals surface area contributed by atoms with Crippen LogP contribution in [0.4, 0.5) is 5.69 Å². The monoisotopic (exact) mass is 619 g/mol. The summed E-state index contributed by atoms with van der Waals surface area (Å²) in [5, 5.41) is 3.65. The molecule has 0 aliphatic heterocycles. The van der Waals surface area contributed by atoms with Crippen molar-refractivity contribution in [2.45, 2.75) is 45.3 Å². The molecule has 0 aliphatic carbocycles. The third kappa shape index (κ3) is 9.11. The Labute approximate surface area is 252 Å². The fourth-order valence-corrected chi connectivity index (χ4v) is 5.36. The van der Waals surface area contributed by atoms with E-state index in [-0.39, 0.29) is 24.9 Å². The molecule has 41 heavy (non-hydrogen) atoms. The summed E-state index contributed by atoms with van der Waals surface area (Å²) >= 11 is 12.4. The maximum absolute atomic E-state index is 14.1. The number of nitrogens with one attached hydrogen (secondary N) is 1. The lowest BCUT2D eigenvalue weighted by Gasteiger charge is -2.34. The van der Waals surface area contributed by atoms with Crippen molar-refractivity contribution < 1.29 is 22.7 Å². The smallest absolute Gasteiger partial charge is 0.244 e. The van der Waals surface area contributed by atoms with E-state index in [0.717, 1.165) is 16.1 Å². The van der Waals surface area contributed by atoms with Crippen LogP contribution in [0.15, 0.2) is 72.8 Å². The molecular weight excluding hydrogens is 585 g/mol. The van der Waals surface area contributed by atoms with E-state index in [4.69, 9.17) is 27.9 Å². The minimum Gasteiger partial charge on any atom is -0.497 e. The topological polar surface area (TPSA) is 96.0 Å². The fourth-order valence-electron chi connectivity index (χ4n) is 4.19. The van der Waals surface area contributed by atoms with E-state index in [1.807, 2.05) is 44.2 Å². The minimum atomic E-state index is -3.87. The molecule has 0 saturated heterocycles. The van der Waals surface area contributed by atoms with Crippen molar-refractivity contribution in [1.82, 2.24) is 10.2 Å². The number of halogens is 2. The number of rotatable bonds is 13. The summed E-state index contributed by atoms with van der Waals surface area (Å²) in [6.07, 6.45) is 1.95. The Bertz CT molecular complexity index is 1440. The number of hydrogen-bond donors (Lipinski definition) is 1. The summed E-state index contributed by atoms with van der Waals surface area (Å²) in [7, 11) is -2.37. The number of benzene rings is 3. The number of methoxy groups -OCH3 is 1. The molecule has 0 fully saturated rings. The van der Waals surface area contributed by atoms with Crippen LogP contribution >= 0.6 is 23.2 Å². The van der Waals surface area contributed by atoms with E-state index in [1.54, 1.807) is 42.5 Å². The molecule has 3 rings (SSSR count). The van der Waals surface area contributed by atoms with Gasteiger partial charge in [-0.05, 0) is 60.9 Å². The Kier molecular flexibility index (Phi) is 11.5. The van der Waals surface area contributed by atoms with Crippen LogP contribution in [0.25, 0.3) is 0 Å². The predicted octanol–water partition coefficient (Wildman–Crippen LogP) is 5.32. The summed E-state index contributed by atoms with van der Waals surface area (Å²) in [4.78, 5) is 29.2. The molecule has 0 heterocycles. The van der Waals surface area contributed by atoms with E-state index < -0.39 is 28.5 Å². The van der Waals surface area contributed by atoms with Crippen molar-refractivity contribution in [1.29, 1.82) is 0 Å². The molecule has 0 aromatic heterocycles. The molecule has 0 aliphatic rings. The van der Waals surface area contributed by atoms with Gasteiger partial charge >= 0.3 is 0 Å². The average Bonchev–Trinajstić information content (AvgIpc) is 2.95. The van der Waals surface area contributed by atoms with Crippen LogP contribution in [0.5, 0.6) is 5.75 Å². The van der Waals surface area contributed by atoms with Crippen LogP contribution in [0, 0.1) is 0 Å². The normalized spacial score (nSPS) is 12.7. The minimum absolute atomic E-state index is 0.00135. The van der Waals surface area contributed by atoms with Crippen LogP contribution in [-0.2, 0) is 32.6 Å². The fraction of sp³-hybridized carbons (Fsp3) is 0.333. The quantitative estimate of drug-likeness (QED) is 0.279. The highest BCUT2D eigenvalue weighted by molar-refractivity contribution is 7.92. The van der Waals surface area contributed by atoms with Crippen molar-refractivity contribution in [3.05, 3.63) is 94.0 Å². The lowest BCUT2D eigenvalue weighted by atomic mass is 10.0. The number of anilines is 1. The zero-order chi connectivity index (χ0) is 30.2. The summed E-state index contributed by atoms with van der Waals surface area (Å²) < 4.78 is 32.0. The Morgan fingerprint density at radius 1 is 0.951 bits per heavy atom. The van der Waals surface area contributed by atoms with Gasteiger partial charge in [0, 0.05) is 19.0 Å². The molecule has 0 bridgehead atoms. The van der Waals surface area contributed by atoms with E-state index in [0.29, 0.717) is 33.5 Å². The SMILES string of the molecule is CC[C@H](C)NC(=O)[C@@H](Cc1ccccc1)N(Cc1ccc(Cl)c(Cl)c1)C(=O)CN(c1ccc(OC)cc1)S(C)(=O)=O. The molecule has 2 atom stereocenters. The van der Waals surface area contributed by atoms with Gasteiger partial charge in [0.15, 0.2) is 0 Å². The Hall–Kier alpha value is -3.27. The highest BCUT2D eigenvalue weighted by Gasteiger charge is 2.33. The first-order valence-corrected chi connectivity index (χ1v) is 15.7. The number of amides is 2. The first-order valence-electron chi connectivity index (χ1n) is 13.1. The number of carbonyl (C=O) groups excluding carboxylic acids is 2. The third-order valence-electron chi connectivity index (χ3n) is 6.65. The molecule has 0 unspecified atom stereocenters. The summed E-state index contributed by atoms with van der Waals surface area (Å²) in [6.45, 7) is 3.32. The molecular formula is C30H35Cl2N3O5S. The van der Waals surface area contributed by atoms with Gasteiger partial charge in [-0.3, -0.25) is 13.9 Å². The molecule has 2 amide bonds. The van der Waals surface area contributed by atoms with Crippen LogP contribution in [0.1, 0.15) is 31.4 Å². The predicted molar refractivity (Wildman–Crippen MR) is 164 cm³/mol. The highest BCUT2D eigenvalue weighted by Crippen LogP contribution is 2.26. The number of nitrogens with zero attached hydrogens (tertiary/aromatic N) is 2. The van der Waals surface area contributed by atoms with E-state index >= 15 is 0 Å². The van der Waals surface area contributed by atoms with Crippen LogP contribution in [0.2, 0.25) is 10.0 Å². The van der Waals surface area contributed by atoms with Gasteiger partial charge in [-0.1, -0.05) is 66.5 Å². The van der Waals surface area contributed by atoms with Gasteiger partial charge in [0.05, 0.1) is 29.1 Å². The highest BCUT2D eigenvalue weighted by atomic mass is 35.5. The van der Waals surface area contributed by atoms with Crippen molar-refractivity contribution in [3.8, 4) is 5.75 Å². The first kappa shape index (κ1) is 32.2. The molecule has 11 heteroatoms. The molecule has 0 spiro atoms. The number of sulfonamides is 1. The van der Waals surface area contributed by atoms with Crippen molar-refractivity contribution in [2.75, 3.05) is 24.2 Å². The zero-order valence-electron chi connectivity index (χ0n) is 23.5. The largest absolute Gasteiger partial charge is 0.497 e. The second kappa shape index (κ2) is 14.6. The summed E-state index contributed by atoms with van der Waals surface area (Å²) in [5.74, 6) is -0.357. The molecule has 0 radical (unpaired) electrons. The van der Waals surface area contributed by atoms with Gasteiger partial charge < -0.3 is 15.0 Å². The van der Waals surface area contributed by atoms with Gasteiger partial charge in [0.1, 0.15) is 18.3 Å². The van der Waals surface area contributed by atoms with Crippen molar-refractivity contribution >= 4 is 50.7 Å². The molecule has 1 N–H and O–H groups in total. The number of carbonyl (C=O) groups is 2. The zero-order valence-corrected chi connectivity index (χ0v) is 25.8. The van der Waals surface area contributed by atoms with Crippen LogP contribution < -0.4 is 14.4 Å². The molecule has 3 aromatic rings. The Morgan fingerprint density at radius 2 is 1.61 bits per heavy atom. The van der Waals surface area contributed by atoms with E-state index in [9.17, 15) is 18.0 Å². The number of ether oxygens (including phenoxy) is 1. The Balaban J connectivity index is 2.07. The van der Waals surface area contributed by atoms with Gasteiger partial charge in [-0.15, -0.1) is 0 Å². The van der Waals surface area contributed by atoms with Crippen molar-refractivity contribution in [3.63, 3.8) is 0 Å². The summed E-state index contributed by atoms with van der Waals surface area (Å²) in [6, 6.07) is 19.6. The lowest BCUT2D eigenvalue weighted by molar-refractivity contribution is -0.140. The van der Waals surface area contributed by atoms with E-state index in [2.05, 4.69) is 5.32 Å². The maximum Gasteiger partial charge on any atom is 0.244 e. The van der Waals surface area contributed by atoms with Gasteiger partial charge in [-0.2, -0.15) is 0 Å². The van der Waals surface area contributed by atoms with Gasteiger partial charge in [0.2, 0.25) is 21.8 Å². The first-order chi connectivity index (χ1) is 19.4. The third-order valence-corrected chi connectivity index (χ3v) is 8.53. The molecule has 220 valence electrons. The standard InChI is InChI=1S/C30H35Cl2N3O5S/c1-5-21(2)33-30(37)28(18-22-9-7-6-8-10-22)34(19-23-11-16-26(31)27(32)17-23)29(36)20-35(41(4,38)39)24-12-14-25(40-3)15-13-24/h6-17,21,28H,5,18-20H2,1-4H3,(H,33,37)/t21-,28+/m0/s1.